The Bertz CT molecular complexity index is 745. The maximum absolute atomic E-state index is 12.9. The van der Waals surface area contributed by atoms with Crippen molar-refractivity contribution < 1.29 is 23.0 Å². The van der Waals surface area contributed by atoms with Gasteiger partial charge in [0.25, 0.3) is 0 Å². The summed E-state index contributed by atoms with van der Waals surface area (Å²) in [5, 5.41) is 10.1. The SMILES string of the molecule is CCCOc1ccc(C(F)(F)F)cc1N=Cc1cc(Cl)ccc1O. The van der Waals surface area contributed by atoms with Crippen LogP contribution in [0.5, 0.6) is 11.5 Å². The largest absolute Gasteiger partial charge is 0.507 e. The topological polar surface area (TPSA) is 41.8 Å². The van der Waals surface area contributed by atoms with Gasteiger partial charge in [-0.1, -0.05) is 18.5 Å². The number of hydrogen-bond donors (Lipinski definition) is 1. The molecule has 0 aliphatic carbocycles. The number of rotatable bonds is 5. The Morgan fingerprint density at radius 1 is 1.21 bits per heavy atom. The zero-order chi connectivity index (χ0) is 17.7. The molecule has 0 spiro atoms. The molecule has 24 heavy (non-hydrogen) atoms. The van der Waals surface area contributed by atoms with E-state index in [1.54, 1.807) is 0 Å². The second kappa shape index (κ2) is 7.57. The van der Waals surface area contributed by atoms with Crippen LogP contribution in [0.4, 0.5) is 18.9 Å². The van der Waals surface area contributed by atoms with Gasteiger partial charge in [-0.15, -0.1) is 0 Å². The molecule has 0 saturated heterocycles. The summed E-state index contributed by atoms with van der Waals surface area (Å²) in [5.41, 5.74) is -0.507. The van der Waals surface area contributed by atoms with E-state index in [9.17, 15) is 18.3 Å². The number of ether oxygens (including phenoxy) is 1. The highest BCUT2D eigenvalue weighted by atomic mass is 35.5. The van der Waals surface area contributed by atoms with Gasteiger partial charge in [0.2, 0.25) is 0 Å². The zero-order valence-corrected chi connectivity index (χ0v) is 13.5. The summed E-state index contributed by atoms with van der Waals surface area (Å²) in [6.07, 6.45) is -2.53. The Kier molecular flexibility index (Phi) is 5.72. The van der Waals surface area contributed by atoms with Crippen LogP contribution >= 0.6 is 11.6 Å². The highest BCUT2D eigenvalue weighted by Crippen LogP contribution is 2.36. The molecule has 0 heterocycles. The van der Waals surface area contributed by atoms with Gasteiger partial charge in [-0.05, 0) is 42.8 Å². The van der Waals surface area contributed by atoms with E-state index in [0.29, 0.717) is 23.6 Å². The molecular formula is C17H15ClF3NO2. The highest BCUT2D eigenvalue weighted by molar-refractivity contribution is 6.30. The summed E-state index contributed by atoms with van der Waals surface area (Å²) in [5.74, 6) is 0.161. The van der Waals surface area contributed by atoms with Crippen molar-refractivity contribution in [2.45, 2.75) is 19.5 Å². The number of phenols is 1. The molecule has 0 atom stereocenters. The smallest absolute Gasteiger partial charge is 0.416 e. The normalized spacial score (nSPS) is 11.9. The third kappa shape index (κ3) is 4.64. The number of aliphatic imine (C=N–C) groups is 1. The third-order valence-corrected chi connectivity index (χ3v) is 3.32. The molecule has 0 saturated carbocycles. The molecule has 2 rings (SSSR count). The summed E-state index contributed by atoms with van der Waals surface area (Å²) < 4.78 is 44.1. The number of phenolic OH excluding ortho intramolecular Hbond substituents is 1. The maximum Gasteiger partial charge on any atom is 0.416 e. The molecular weight excluding hydrogens is 343 g/mol. The fourth-order valence-electron chi connectivity index (χ4n) is 1.90. The Morgan fingerprint density at radius 3 is 2.62 bits per heavy atom. The molecule has 2 aromatic carbocycles. The predicted octanol–water partition coefficient (Wildman–Crippen LogP) is 5.60. The van der Waals surface area contributed by atoms with Crippen molar-refractivity contribution in [2.24, 2.45) is 4.99 Å². The van der Waals surface area contributed by atoms with Gasteiger partial charge < -0.3 is 9.84 Å². The Labute approximate surface area is 142 Å². The summed E-state index contributed by atoms with van der Waals surface area (Å²) in [7, 11) is 0. The average Bonchev–Trinajstić information content (AvgIpc) is 2.53. The monoisotopic (exact) mass is 357 g/mol. The van der Waals surface area contributed by atoms with Gasteiger partial charge in [-0.25, -0.2) is 0 Å². The van der Waals surface area contributed by atoms with E-state index in [1.165, 1.54) is 30.5 Å². The molecule has 3 nitrogen and oxygen atoms in total. The molecule has 0 unspecified atom stereocenters. The fraction of sp³-hybridized carbons (Fsp3) is 0.235. The van der Waals surface area contributed by atoms with Gasteiger partial charge in [-0.2, -0.15) is 13.2 Å². The number of alkyl halides is 3. The summed E-state index contributed by atoms with van der Waals surface area (Å²) in [6.45, 7) is 2.24. The molecule has 0 aromatic heterocycles. The lowest BCUT2D eigenvalue weighted by Gasteiger charge is -2.12. The van der Waals surface area contributed by atoms with Crippen molar-refractivity contribution in [3.63, 3.8) is 0 Å². The summed E-state index contributed by atoms with van der Waals surface area (Å²) in [4.78, 5) is 4.04. The molecule has 0 fully saturated rings. The van der Waals surface area contributed by atoms with E-state index in [-0.39, 0.29) is 17.2 Å². The molecule has 1 N–H and O–H groups in total. The number of hydrogen-bond acceptors (Lipinski definition) is 3. The highest BCUT2D eigenvalue weighted by Gasteiger charge is 2.31. The minimum Gasteiger partial charge on any atom is -0.507 e. The number of halogens is 4. The van der Waals surface area contributed by atoms with Crippen molar-refractivity contribution in [1.82, 2.24) is 0 Å². The van der Waals surface area contributed by atoms with Crippen LogP contribution in [0, 0.1) is 0 Å². The van der Waals surface area contributed by atoms with Gasteiger partial charge in [0.05, 0.1) is 12.2 Å². The quantitative estimate of drug-likeness (QED) is 0.707. The zero-order valence-electron chi connectivity index (χ0n) is 12.8. The van der Waals surface area contributed by atoms with E-state index in [0.717, 1.165) is 12.1 Å². The first-order chi connectivity index (χ1) is 11.3. The minimum atomic E-state index is -4.48. The lowest BCUT2D eigenvalue weighted by molar-refractivity contribution is -0.137. The lowest BCUT2D eigenvalue weighted by atomic mass is 10.1. The van der Waals surface area contributed by atoms with Crippen LogP contribution in [-0.2, 0) is 6.18 Å². The fourth-order valence-corrected chi connectivity index (χ4v) is 2.08. The summed E-state index contributed by atoms with van der Waals surface area (Å²) >= 11 is 5.84. The molecule has 7 heteroatoms. The van der Waals surface area contributed by atoms with Gasteiger partial charge in [0, 0.05) is 16.8 Å². The Hall–Kier alpha value is -2.21. The Balaban J connectivity index is 2.41. The second-order valence-corrected chi connectivity index (χ2v) is 5.43. The first kappa shape index (κ1) is 18.1. The molecule has 0 radical (unpaired) electrons. The number of nitrogens with zero attached hydrogens (tertiary/aromatic N) is 1. The van der Waals surface area contributed by atoms with Gasteiger partial charge >= 0.3 is 6.18 Å². The third-order valence-electron chi connectivity index (χ3n) is 3.08. The number of benzene rings is 2. The molecule has 0 aliphatic rings. The first-order valence-corrected chi connectivity index (χ1v) is 7.55. The second-order valence-electron chi connectivity index (χ2n) is 4.99. The van der Waals surface area contributed by atoms with E-state index in [4.69, 9.17) is 16.3 Å². The van der Waals surface area contributed by atoms with Crippen molar-refractivity contribution in [3.05, 3.63) is 52.5 Å². The van der Waals surface area contributed by atoms with Crippen LogP contribution in [0.2, 0.25) is 5.02 Å². The van der Waals surface area contributed by atoms with Crippen molar-refractivity contribution in [2.75, 3.05) is 6.61 Å². The minimum absolute atomic E-state index is 0.0256. The molecule has 0 bridgehead atoms. The van der Waals surface area contributed by atoms with Gasteiger partial charge in [-0.3, -0.25) is 4.99 Å². The summed E-state index contributed by atoms with van der Waals surface area (Å²) in [6, 6.07) is 7.42. The molecule has 0 aliphatic heterocycles. The lowest BCUT2D eigenvalue weighted by Crippen LogP contribution is -2.05. The number of aromatic hydroxyl groups is 1. The van der Waals surface area contributed by atoms with E-state index in [2.05, 4.69) is 4.99 Å². The van der Waals surface area contributed by atoms with Crippen LogP contribution in [0.1, 0.15) is 24.5 Å². The van der Waals surface area contributed by atoms with Crippen LogP contribution in [0.3, 0.4) is 0 Å². The first-order valence-electron chi connectivity index (χ1n) is 7.18. The van der Waals surface area contributed by atoms with Crippen molar-refractivity contribution in [3.8, 4) is 11.5 Å². The van der Waals surface area contributed by atoms with E-state index < -0.39 is 11.7 Å². The van der Waals surface area contributed by atoms with E-state index >= 15 is 0 Å². The van der Waals surface area contributed by atoms with Crippen LogP contribution in [-0.4, -0.2) is 17.9 Å². The van der Waals surface area contributed by atoms with Crippen LogP contribution in [0.15, 0.2) is 41.4 Å². The Morgan fingerprint density at radius 2 is 1.96 bits per heavy atom. The molecule has 2 aromatic rings. The van der Waals surface area contributed by atoms with Crippen LogP contribution in [0.25, 0.3) is 0 Å². The molecule has 0 amide bonds. The van der Waals surface area contributed by atoms with Crippen molar-refractivity contribution >= 4 is 23.5 Å². The predicted molar refractivity (Wildman–Crippen MR) is 87.6 cm³/mol. The van der Waals surface area contributed by atoms with Gasteiger partial charge in [0.15, 0.2) is 0 Å². The molecule has 128 valence electrons. The van der Waals surface area contributed by atoms with Gasteiger partial charge in [0.1, 0.15) is 17.2 Å². The maximum atomic E-state index is 12.9. The van der Waals surface area contributed by atoms with E-state index in [1.807, 2.05) is 6.92 Å². The van der Waals surface area contributed by atoms with Crippen LogP contribution < -0.4 is 4.74 Å². The van der Waals surface area contributed by atoms with Crippen molar-refractivity contribution in [1.29, 1.82) is 0 Å². The average molecular weight is 358 g/mol. The standard InChI is InChI=1S/C17H15ClF3NO2/c1-2-7-24-16-6-3-12(17(19,20)21)9-14(16)22-10-11-8-13(18)4-5-15(11)23/h3-6,8-10,23H,2,7H2,1H3.